The van der Waals surface area contributed by atoms with E-state index in [1.54, 1.807) is 23.5 Å². The van der Waals surface area contributed by atoms with Gasteiger partial charge in [0, 0.05) is 42.8 Å². The fraction of sp³-hybridized carbons (Fsp3) is 0.455. The zero-order chi connectivity index (χ0) is 23.1. The van der Waals surface area contributed by atoms with E-state index in [1.165, 1.54) is 11.1 Å². The molecule has 2 fully saturated rings. The summed E-state index contributed by atoms with van der Waals surface area (Å²) < 4.78 is 42.3. The van der Waals surface area contributed by atoms with E-state index in [0.29, 0.717) is 37.6 Å². The van der Waals surface area contributed by atoms with Gasteiger partial charge in [0.05, 0.1) is 5.41 Å². The first kappa shape index (κ1) is 21.9. The molecular weight excluding hydrogens is 455 g/mol. The van der Waals surface area contributed by atoms with Gasteiger partial charge >= 0.3 is 12.1 Å². The highest BCUT2D eigenvalue weighted by Gasteiger charge is 2.46. The molecule has 0 spiro atoms. The number of thiophene rings is 1. The van der Waals surface area contributed by atoms with Crippen molar-refractivity contribution in [3.8, 4) is 11.4 Å². The third-order valence-corrected chi connectivity index (χ3v) is 7.50. The summed E-state index contributed by atoms with van der Waals surface area (Å²) >= 11 is 1.66. The summed E-state index contributed by atoms with van der Waals surface area (Å²) in [7, 11) is 0. The highest BCUT2D eigenvalue weighted by Crippen LogP contribution is 2.44. The monoisotopic (exact) mass is 477 g/mol. The maximum absolute atomic E-state index is 13.5. The summed E-state index contributed by atoms with van der Waals surface area (Å²) in [4.78, 5) is 26.5. The van der Waals surface area contributed by atoms with Gasteiger partial charge in [-0.1, -0.05) is 24.1 Å². The molecule has 1 aliphatic carbocycles. The number of amides is 1. The van der Waals surface area contributed by atoms with Crippen molar-refractivity contribution >= 4 is 23.1 Å². The number of hydrogen-bond acceptors (Lipinski definition) is 7. The SMILES string of the molecule is O=C(N1CCN(c2ccc(-c3noc(C(F)(F)F)n3)cn2)CC1)C1(c2cccs2)CCCC1. The van der Waals surface area contributed by atoms with Gasteiger partial charge < -0.3 is 14.3 Å². The van der Waals surface area contributed by atoms with E-state index >= 15 is 0 Å². The molecule has 2 aliphatic rings. The van der Waals surface area contributed by atoms with Crippen molar-refractivity contribution in [2.45, 2.75) is 37.3 Å². The van der Waals surface area contributed by atoms with Crippen molar-refractivity contribution in [3.63, 3.8) is 0 Å². The molecule has 0 N–H and O–H groups in total. The first-order valence-corrected chi connectivity index (χ1v) is 11.7. The van der Waals surface area contributed by atoms with E-state index < -0.39 is 12.1 Å². The molecule has 1 amide bonds. The molecule has 0 unspecified atom stereocenters. The smallest absolute Gasteiger partial charge is 0.353 e. The van der Waals surface area contributed by atoms with E-state index in [2.05, 4.69) is 30.6 Å². The second-order valence-corrected chi connectivity index (χ2v) is 9.32. The van der Waals surface area contributed by atoms with Crippen LogP contribution >= 0.6 is 11.3 Å². The number of alkyl halides is 3. The number of halogens is 3. The van der Waals surface area contributed by atoms with E-state index in [0.717, 1.165) is 25.7 Å². The summed E-state index contributed by atoms with van der Waals surface area (Å²) in [6, 6.07) is 7.44. The Hall–Kier alpha value is -2.95. The highest BCUT2D eigenvalue weighted by atomic mass is 32.1. The molecule has 0 bridgehead atoms. The van der Waals surface area contributed by atoms with Crippen LogP contribution in [0.4, 0.5) is 19.0 Å². The van der Waals surface area contributed by atoms with Gasteiger partial charge in [-0.3, -0.25) is 4.79 Å². The Bertz CT molecular complexity index is 1100. The van der Waals surface area contributed by atoms with Gasteiger partial charge in [-0.25, -0.2) is 4.98 Å². The van der Waals surface area contributed by atoms with Crippen LogP contribution in [0.3, 0.4) is 0 Å². The Balaban J connectivity index is 1.24. The maximum Gasteiger partial charge on any atom is 0.471 e. The van der Waals surface area contributed by atoms with Crippen molar-refractivity contribution in [1.82, 2.24) is 20.0 Å². The molecule has 0 aromatic carbocycles. The largest absolute Gasteiger partial charge is 0.471 e. The zero-order valence-electron chi connectivity index (χ0n) is 17.7. The molecule has 3 aromatic rings. The summed E-state index contributed by atoms with van der Waals surface area (Å²) in [5.74, 6) is -0.626. The van der Waals surface area contributed by atoms with Gasteiger partial charge in [0.2, 0.25) is 11.7 Å². The van der Waals surface area contributed by atoms with E-state index in [4.69, 9.17) is 0 Å². The molecule has 0 radical (unpaired) electrons. The zero-order valence-corrected chi connectivity index (χ0v) is 18.5. The number of nitrogens with zero attached hydrogens (tertiary/aromatic N) is 5. The molecule has 5 rings (SSSR count). The van der Waals surface area contributed by atoms with Crippen molar-refractivity contribution in [2.75, 3.05) is 31.1 Å². The number of rotatable bonds is 4. The Morgan fingerprint density at radius 1 is 1.09 bits per heavy atom. The quantitative estimate of drug-likeness (QED) is 0.556. The number of pyridine rings is 1. The Kier molecular flexibility index (Phi) is 5.59. The first-order valence-electron chi connectivity index (χ1n) is 10.8. The van der Waals surface area contributed by atoms with Crippen LogP contribution < -0.4 is 4.90 Å². The number of anilines is 1. The maximum atomic E-state index is 13.5. The summed E-state index contributed by atoms with van der Waals surface area (Å²) in [5, 5.41) is 5.42. The third kappa shape index (κ3) is 4.09. The molecule has 0 atom stereocenters. The van der Waals surface area contributed by atoms with Crippen molar-refractivity contribution in [3.05, 3.63) is 46.6 Å². The Labute approximate surface area is 192 Å². The predicted octanol–water partition coefficient (Wildman–Crippen LogP) is 4.37. The fourth-order valence-corrected chi connectivity index (χ4v) is 5.68. The average molecular weight is 478 g/mol. The van der Waals surface area contributed by atoms with Crippen LogP contribution in [0, 0.1) is 0 Å². The van der Waals surface area contributed by atoms with Gasteiger partial charge in [-0.05, 0) is 36.4 Å². The molecule has 1 saturated heterocycles. The number of hydrogen-bond donors (Lipinski definition) is 0. The average Bonchev–Trinajstić information content (AvgIpc) is 3.60. The Morgan fingerprint density at radius 2 is 1.85 bits per heavy atom. The molecule has 1 aliphatic heterocycles. The normalized spacial score (nSPS) is 18.6. The van der Waals surface area contributed by atoms with E-state index in [1.807, 2.05) is 16.3 Å². The number of piperazine rings is 1. The molecule has 174 valence electrons. The third-order valence-electron chi connectivity index (χ3n) is 6.42. The summed E-state index contributed by atoms with van der Waals surface area (Å²) in [6.07, 6.45) is 0.706. The first-order chi connectivity index (χ1) is 15.9. The fourth-order valence-electron chi connectivity index (χ4n) is 4.70. The van der Waals surface area contributed by atoms with Crippen LogP contribution in [0.5, 0.6) is 0 Å². The minimum absolute atomic E-state index is 0.160. The second kappa shape index (κ2) is 8.44. The molecule has 11 heteroatoms. The lowest BCUT2D eigenvalue weighted by molar-refractivity contribution is -0.159. The summed E-state index contributed by atoms with van der Waals surface area (Å²) in [5.41, 5.74) is -0.0400. The number of carbonyl (C=O) groups is 1. The number of aromatic nitrogens is 3. The predicted molar refractivity (Wildman–Crippen MR) is 116 cm³/mol. The molecule has 1 saturated carbocycles. The van der Waals surface area contributed by atoms with Crippen molar-refractivity contribution in [2.24, 2.45) is 0 Å². The van der Waals surface area contributed by atoms with Gasteiger partial charge in [0.25, 0.3) is 0 Å². The molecule has 4 heterocycles. The van der Waals surface area contributed by atoms with Crippen molar-refractivity contribution < 1.29 is 22.5 Å². The van der Waals surface area contributed by atoms with Gasteiger partial charge in [-0.2, -0.15) is 18.2 Å². The standard InChI is InChI=1S/C22H22F3N5O2S/c23-22(24,25)19-27-18(28-32-19)15-5-6-17(26-14-15)29-9-11-30(12-10-29)20(31)21(7-1-2-8-21)16-4-3-13-33-16/h3-6,13-14H,1-2,7-12H2. The van der Waals surface area contributed by atoms with E-state index in [9.17, 15) is 18.0 Å². The Morgan fingerprint density at radius 3 is 2.42 bits per heavy atom. The van der Waals surface area contributed by atoms with E-state index in [-0.39, 0.29) is 17.1 Å². The van der Waals surface area contributed by atoms with Crippen LogP contribution in [-0.2, 0) is 16.4 Å². The topological polar surface area (TPSA) is 75.4 Å². The molecular formula is C22H22F3N5O2S. The van der Waals surface area contributed by atoms with Gasteiger partial charge in [0.1, 0.15) is 5.82 Å². The molecule has 3 aromatic heterocycles. The van der Waals surface area contributed by atoms with Crippen LogP contribution in [0.2, 0.25) is 0 Å². The minimum Gasteiger partial charge on any atom is -0.353 e. The lowest BCUT2D eigenvalue weighted by Crippen LogP contribution is -2.54. The lowest BCUT2D eigenvalue weighted by Gasteiger charge is -2.40. The minimum atomic E-state index is -4.68. The summed E-state index contributed by atoms with van der Waals surface area (Å²) in [6.45, 7) is 2.49. The van der Waals surface area contributed by atoms with Crippen LogP contribution in [0.25, 0.3) is 11.4 Å². The second-order valence-electron chi connectivity index (χ2n) is 8.37. The van der Waals surface area contributed by atoms with Crippen LogP contribution in [-0.4, -0.2) is 52.1 Å². The molecule has 33 heavy (non-hydrogen) atoms. The van der Waals surface area contributed by atoms with Crippen LogP contribution in [0.1, 0.15) is 36.5 Å². The van der Waals surface area contributed by atoms with Crippen LogP contribution in [0.15, 0.2) is 40.4 Å². The lowest BCUT2D eigenvalue weighted by atomic mass is 9.82. The van der Waals surface area contributed by atoms with Gasteiger partial charge in [0.15, 0.2) is 0 Å². The van der Waals surface area contributed by atoms with Crippen molar-refractivity contribution in [1.29, 1.82) is 0 Å². The highest BCUT2D eigenvalue weighted by molar-refractivity contribution is 7.10. The number of carbonyl (C=O) groups excluding carboxylic acids is 1. The van der Waals surface area contributed by atoms with Gasteiger partial charge in [-0.15, -0.1) is 11.3 Å². The molecule has 7 nitrogen and oxygen atoms in total.